The van der Waals surface area contributed by atoms with Crippen LogP contribution in [-0.4, -0.2) is 30.3 Å². The number of halogens is 2. The second-order valence-electron chi connectivity index (χ2n) is 7.59. The Labute approximate surface area is 196 Å². The summed E-state index contributed by atoms with van der Waals surface area (Å²) in [4.78, 5) is 28.3. The molecular formula is C25H22Cl2N2O3. The average molecular weight is 469 g/mol. The monoisotopic (exact) mass is 468 g/mol. The average Bonchev–Trinajstić information content (AvgIpc) is 2.90. The van der Waals surface area contributed by atoms with Gasteiger partial charge in [0.25, 0.3) is 11.8 Å². The second kappa shape index (κ2) is 9.63. The van der Waals surface area contributed by atoms with Crippen molar-refractivity contribution in [1.29, 1.82) is 0 Å². The van der Waals surface area contributed by atoms with Gasteiger partial charge in [-0.1, -0.05) is 54.1 Å². The lowest BCUT2D eigenvalue weighted by atomic mass is 10.0. The molecule has 1 aliphatic rings. The lowest BCUT2D eigenvalue weighted by Crippen LogP contribution is -2.51. The van der Waals surface area contributed by atoms with Crippen LogP contribution in [0.25, 0.3) is 0 Å². The molecule has 0 saturated carbocycles. The van der Waals surface area contributed by atoms with Crippen molar-refractivity contribution in [1.82, 2.24) is 5.32 Å². The lowest BCUT2D eigenvalue weighted by Gasteiger charge is -2.27. The molecule has 1 heterocycles. The molecule has 2 amide bonds. The third-order valence-electron chi connectivity index (χ3n) is 5.45. The summed E-state index contributed by atoms with van der Waals surface area (Å²) in [5.41, 5.74) is 2.72. The first-order chi connectivity index (χ1) is 15.5. The van der Waals surface area contributed by atoms with E-state index in [4.69, 9.17) is 27.9 Å². The highest BCUT2D eigenvalue weighted by molar-refractivity contribution is 6.31. The standard InChI is InChI=1S/C25H22Cl2N2O3/c1-32-19-10-7-17(8-11-19)15-29-22-12-9-18(26)14-20(22)24(30)28-23(25(29)31)21(27)13-16-5-3-2-4-6-16/h2-12,14,21,23H,13,15H2,1H3,(H,28,30). The number of nitrogens with one attached hydrogen (secondary N) is 1. The van der Waals surface area contributed by atoms with Gasteiger partial charge in [0.15, 0.2) is 0 Å². The first-order valence-corrected chi connectivity index (χ1v) is 11.0. The summed E-state index contributed by atoms with van der Waals surface area (Å²) >= 11 is 12.9. The number of carbonyl (C=O) groups excluding carboxylic acids is 2. The van der Waals surface area contributed by atoms with Crippen LogP contribution in [0.4, 0.5) is 5.69 Å². The highest BCUT2D eigenvalue weighted by Gasteiger charge is 2.37. The number of hydrogen-bond donors (Lipinski definition) is 1. The van der Waals surface area contributed by atoms with E-state index in [2.05, 4.69) is 5.32 Å². The van der Waals surface area contributed by atoms with Gasteiger partial charge in [-0.25, -0.2) is 0 Å². The van der Waals surface area contributed by atoms with Crippen molar-refractivity contribution in [2.45, 2.75) is 24.4 Å². The molecule has 32 heavy (non-hydrogen) atoms. The molecule has 0 aromatic heterocycles. The predicted molar refractivity (Wildman–Crippen MR) is 127 cm³/mol. The van der Waals surface area contributed by atoms with E-state index in [-0.39, 0.29) is 18.4 Å². The number of ether oxygens (including phenoxy) is 1. The summed E-state index contributed by atoms with van der Waals surface area (Å²) in [6.45, 7) is 0.276. The van der Waals surface area contributed by atoms with Gasteiger partial charge >= 0.3 is 0 Å². The smallest absolute Gasteiger partial charge is 0.254 e. The minimum atomic E-state index is -0.895. The molecule has 0 fully saturated rings. The molecule has 3 aromatic carbocycles. The van der Waals surface area contributed by atoms with E-state index in [0.717, 1.165) is 16.9 Å². The summed E-state index contributed by atoms with van der Waals surface area (Å²) in [5, 5.41) is 2.62. The number of benzene rings is 3. The zero-order valence-corrected chi connectivity index (χ0v) is 18.9. The van der Waals surface area contributed by atoms with E-state index < -0.39 is 11.4 Å². The van der Waals surface area contributed by atoms with Gasteiger partial charge in [-0.2, -0.15) is 0 Å². The minimum absolute atomic E-state index is 0.272. The van der Waals surface area contributed by atoms with Gasteiger partial charge in [-0.15, -0.1) is 11.6 Å². The van der Waals surface area contributed by atoms with Crippen LogP contribution in [0.3, 0.4) is 0 Å². The third kappa shape index (κ3) is 4.74. The Morgan fingerprint density at radius 3 is 2.41 bits per heavy atom. The minimum Gasteiger partial charge on any atom is -0.497 e. The lowest BCUT2D eigenvalue weighted by molar-refractivity contribution is -0.120. The molecular weight excluding hydrogens is 447 g/mol. The number of nitrogens with zero attached hydrogens (tertiary/aromatic N) is 1. The van der Waals surface area contributed by atoms with Gasteiger partial charge in [0.2, 0.25) is 0 Å². The highest BCUT2D eigenvalue weighted by Crippen LogP contribution is 2.30. The number of fused-ring (bicyclic) bond motifs is 1. The van der Waals surface area contributed by atoms with Gasteiger partial charge in [0.1, 0.15) is 11.8 Å². The fourth-order valence-electron chi connectivity index (χ4n) is 3.77. The molecule has 2 unspecified atom stereocenters. The van der Waals surface area contributed by atoms with Crippen molar-refractivity contribution in [3.8, 4) is 5.75 Å². The Kier molecular flexibility index (Phi) is 6.68. The van der Waals surface area contributed by atoms with Gasteiger partial charge < -0.3 is 15.0 Å². The molecule has 0 bridgehead atoms. The number of carbonyl (C=O) groups is 2. The molecule has 3 aromatic rings. The second-order valence-corrected chi connectivity index (χ2v) is 8.59. The van der Waals surface area contributed by atoms with Crippen LogP contribution in [0, 0.1) is 0 Å². The molecule has 0 aliphatic carbocycles. The maximum atomic E-state index is 13.7. The quantitative estimate of drug-likeness (QED) is 0.526. The molecule has 1 N–H and O–H groups in total. The van der Waals surface area contributed by atoms with Gasteiger partial charge in [0, 0.05) is 5.02 Å². The summed E-state index contributed by atoms with van der Waals surface area (Å²) in [7, 11) is 1.60. The van der Waals surface area contributed by atoms with E-state index >= 15 is 0 Å². The number of amides is 2. The largest absolute Gasteiger partial charge is 0.497 e. The van der Waals surface area contributed by atoms with Crippen molar-refractivity contribution >= 4 is 40.7 Å². The zero-order chi connectivity index (χ0) is 22.7. The van der Waals surface area contributed by atoms with Crippen LogP contribution in [0.2, 0.25) is 5.02 Å². The Balaban J connectivity index is 1.69. The molecule has 1 aliphatic heterocycles. The van der Waals surface area contributed by atoms with E-state index in [1.165, 1.54) is 0 Å². The number of anilines is 1. The van der Waals surface area contributed by atoms with Gasteiger partial charge in [-0.05, 0) is 47.9 Å². The van der Waals surface area contributed by atoms with Crippen LogP contribution in [0.1, 0.15) is 21.5 Å². The zero-order valence-electron chi connectivity index (χ0n) is 17.4. The van der Waals surface area contributed by atoms with Crippen molar-refractivity contribution in [3.05, 3.63) is 94.5 Å². The van der Waals surface area contributed by atoms with Crippen LogP contribution >= 0.6 is 23.2 Å². The Morgan fingerprint density at radius 2 is 1.72 bits per heavy atom. The van der Waals surface area contributed by atoms with Crippen molar-refractivity contribution in [3.63, 3.8) is 0 Å². The molecule has 7 heteroatoms. The van der Waals surface area contributed by atoms with E-state index in [1.807, 2.05) is 54.6 Å². The molecule has 0 spiro atoms. The van der Waals surface area contributed by atoms with Gasteiger partial charge in [-0.3, -0.25) is 9.59 Å². The number of alkyl halides is 1. The molecule has 0 saturated heterocycles. The number of methoxy groups -OCH3 is 1. The maximum Gasteiger partial charge on any atom is 0.254 e. The first kappa shape index (κ1) is 22.2. The number of hydrogen-bond acceptors (Lipinski definition) is 3. The van der Waals surface area contributed by atoms with Crippen LogP contribution < -0.4 is 15.0 Å². The summed E-state index contributed by atoms with van der Waals surface area (Å²) in [6, 6.07) is 21.1. The summed E-state index contributed by atoms with van der Waals surface area (Å²) in [5.74, 6) is 0.0736. The maximum absolute atomic E-state index is 13.7. The van der Waals surface area contributed by atoms with Crippen molar-refractivity contribution < 1.29 is 14.3 Å². The normalized spacial score (nSPS) is 16.7. The number of rotatable bonds is 6. The Morgan fingerprint density at radius 1 is 1.00 bits per heavy atom. The van der Waals surface area contributed by atoms with E-state index in [0.29, 0.717) is 22.7 Å². The molecule has 4 rings (SSSR count). The molecule has 5 nitrogen and oxygen atoms in total. The van der Waals surface area contributed by atoms with Crippen molar-refractivity contribution in [2.75, 3.05) is 12.0 Å². The van der Waals surface area contributed by atoms with Crippen LogP contribution in [0.5, 0.6) is 5.75 Å². The van der Waals surface area contributed by atoms with E-state index in [9.17, 15) is 9.59 Å². The predicted octanol–water partition coefficient (Wildman–Crippen LogP) is 4.84. The van der Waals surface area contributed by atoms with Gasteiger partial charge in [0.05, 0.1) is 30.3 Å². The highest BCUT2D eigenvalue weighted by atomic mass is 35.5. The SMILES string of the molecule is COc1ccc(CN2C(=O)C(C(Cl)Cc3ccccc3)NC(=O)c3cc(Cl)ccc32)cc1. The molecule has 0 radical (unpaired) electrons. The van der Waals surface area contributed by atoms with E-state index in [1.54, 1.807) is 30.2 Å². The van der Waals surface area contributed by atoms with Crippen LogP contribution in [0.15, 0.2) is 72.8 Å². The topological polar surface area (TPSA) is 58.6 Å². The van der Waals surface area contributed by atoms with Crippen molar-refractivity contribution in [2.24, 2.45) is 0 Å². The Hall–Kier alpha value is -3.02. The summed E-state index contributed by atoms with van der Waals surface area (Å²) < 4.78 is 5.22. The Bertz CT molecular complexity index is 1120. The van der Waals surface area contributed by atoms with Crippen LogP contribution in [-0.2, 0) is 17.8 Å². The fraction of sp³-hybridized carbons (Fsp3) is 0.200. The fourth-order valence-corrected chi connectivity index (χ4v) is 4.29. The first-order valence-electron chi connectivity index (χ1n) is 10.2. The summed E-state index contributed by atoms with van der Waals surface area (Å²) in [6.07, 6.45) is 0.437. The third-order valence-corrected chi connectivity index (χ3v) is 6.09. The molecule has 2 atom stereocenters. The molecule has 164 valence electrons.